The van der Waals surface area contributed by atoms with Gasteiger partial charge >= 0.3 is 0 Å². The normalized spacial score (nSPS) is 11.2. The molecule has 0 spiro atoms. The maximum Gasteiger partial charge on any atom is 0.256 e. The summed E-state index contributed by atoms with van der Waals surface area (Å²) in [6.07, 6.45) is 3.21. The van der Waals surface area contributed by atoms with E-state index in [1.54, 1.807) is 27.7 Å². The van der Waals surface area contributed by atoms with Crippen LogP contribution in [0.3, 0.4) is 0 Å². The first-order valence-corrected chi connectivity index (χ1v) is 10.6. The van der Waals surface area contributed by atoms with E-state index < -0.39 is 0 Å². The molecule has 3 aromatic heterocycles. The average Bonchev–Trinajstić information content (AvgIpc) is 3.39. The van der Waals surface area contributed by atoms with Gasteiger partial charge in [0.25, 0.3) is 5.91 Å². The van der Waals surface area contributed by atoms with Crippen LogP contribution in [0.2, 0.25) is 0 Å². The molecule has 3 heterocycles. The first-order chi connectivity index (χ1) is 15.9. The number of carbonyl (C=O) groups is 1. The lowest BCUT2D eigenvalue weighted by atomic mass is 10.1. The molecule has 33 heavy (non-hydrogen) atoms. The summed E-state index contributed by atoms with van der Waals surface area (Å²) in [5.41, 5.74) is 6.38. The zero-order chi connectivity index (χ0) is 23.1. The molecule has 5 rings (SSSR count). The highest BCUT2D eigenvalue weighted by Gasteiger charge is 2.18. The van der Waals surface area contributed by atoms with Gasteiger partial charge in [0.2, 0.25) is 0 Å². The zero-order valence-electron chi connectivity index (χ0n) is 18.9. The van der Waals surface area contributed by atoms with Gasteiger partial charge in [-0.25, -0.2) is 14.6 Å². The first kappa shape index (κ1) is 20.6. The summed E-state index contributed by atoms with van der Waals surface area (Å²) in [7, 11) is 0. The minimum absolute atomic E-state index is 0.215. The molecule has 0 unspecified atom stereocenters. The van der Waals surface area contributed by atoms with Crippen molar-refractivity contribution in [3.63, 3.8) is 0 Å². The summed E-state index contributed by atoms with van der Waals surface area (Å²) < 4.78 is 3.41. The standard InChI is InChI=1S/C25H23N7O/c1-15-5-8-19(9-6-15)25(33)29-22-12-18(4)30-32(22)24-21-13-28-31(23(21)26-14-27-24)20-10-7-16(2)17(3)11-20/h5-14H,1-4H3,(H,29,33). The van der Waals surface area contributed by atoms with Crippen LogP contribution >= 0.6 is 0 Å². The van der Waals surface area contributed by atoms with E-state index >= 15 is 0 Å². The Hall–Kier alpha value is -4.33. The Balaban J connectivity index is 1.56. The van der Waals surface area contributed by atoms with Crippen LogP contribution < -0.4 is 5.32 Å². The van der Waals surface area contributed by atoms with Crippen LogP contribution in [0, 0.1) is 27.7 Å². The molecule has 0 saturated heterocycles. The van der Waals surface area contributed by atoms with Crippen LogP contribution in [0.5, 0.6) is 0 Å². The van der Waals surface area contributed by atoms with Gasteiger partial charge in [-0.3, -0.25) is 4.79 Å². The highest BCUT2D eigenvalue weighted by atomic mass is 16.1. The van der Waals surface area contributed by atoms with Crippen molar-refractivity contribution in [2.24, 2.45) is 0 Å². The summed E-state index contributed by atoms with van der Waals surface area (Å²) in [4.78, 5) is 21.8. The molecule has 0 fully saturated rings. The number of fused-ring (bicyclic) bond motifs is 1. The Bertz CT molecular complexity index is 1500. The molecule has 1 amide bonds. The van der Waals surface area contributed by atoms with Gasteiger partial charge in [0.15, 0.2) is 11.5 Å². The second-order valence-corrected chi connectivity index (χ2v) is 8.16. The Morgan fingerprint density at radius 1 is 0.879 bits per heavy atom. The van der Waals surface area contributed by atoms with Gasteiger partial charge < -0.3 is 5.32 Å². The molecule has 0 aliphatic carbocycles. The van der Waals surface area contributed by atoms with Gasteiger partial charge in [0, 0.05) is 11.6 Å². The smallest absolute Gasteiger partial charge is 0.256 e. The third-order valence-electron chi connectivity index (χ3n) is 5.67. The molecule has 2 aromatic carbocycles. The molecule has 0 saturated carbocycles. The Labute approximate surface area is 190 Å². The molecular weight excluding hydrogens is 414 g/mol. The molecule has 1 N–H and O–H groups in total. The van der Waals surface area contributed by atoms with Crippen molar-refractivity contribution in [1.29, 1.82) is 0 Å². The third-order valence-corrected chi connectivity index (χ3v) is 5.67. The van der Waals surface area contributed by atoms with Crippen LogP contribution in [0.15, 0.2) is 61.1 Å². The maximum atomic E-state index is 12.8. The average molecular weight is 438 g/mol. The van der Waals surface area contributed by atoms with Crippen molar-refractivity contribution < 1.29 is 4.79 Å². The lowest BCUT2D eigenvalue weighted by Crippen LogP contribution is -2.15. The second kappa shape index (κ2) is 7.98. The maximum absolute atomic E-state index is 12.8. The molecule has 0 atom stereocenters. The largest absolute Gasteiger partial charge is 0.306 e. The minimum atomic E-state index is -0.215. The van der Waals surface area contributed by atoms with Crippen molar-refractivity contribution in [1.82, 2.24) is 29.5 Å². The van der Waals surface area contributed by atoms with Gasteiger partial charge in [-0.2, -0.15) is 14.9 Å². The number of nitrogens with zero attached hydrogens (tertiary/aromatic N) is 6. The Morgan fingerprint density at radius 3 is 2.42 bits per heavy atom. The van der Waals surface area contributed by atoms with E-state index in [-0.39, 0.29) is 5.91 Å². The summed E-state index contributed by atoms with van der Waals surface area (Å²) in [6, 6.07) is 15.4. The molecular formula is C25H23N7O. The van der Waals surface area contributed by atoms with E-state index in [9.17, 15) is 4.79 Å². The van der Waals surface area contributed by atoms with Gasteiger partial charge in [-0.1, -0.05) is 23.8 Å². The van der Waals surface area contributed by atoms with Gasteiger partial charge in [0.1, 0.15) is 12.1 Å². The fourth-order valence-corrected chi connectivity index (χ4v) is 3.69. The number of anilines is 1. The molecule has 0 radical (unpaired) electrons. The van der Waals surface area contributed by atoms with E-state index in [4.69, 9.17) is 0 Å². The lowest BCUT2D eigenvalue weighted by molar-refractivity contribution is 0.102. The number of benzene rings is 2. The van der Waals surface area contributed by atoms with E-state index in [0.717, 1.165) is 22.3 Å². The van der Waals surface area contributed by atoms with E-state index in [2.05, 4.69) is 51.5 Å². The fourth-order valence-electron chi connectivity index (χ4n) is 3.69. The summed E-state index contributed by atoms with van der Waals surface area (Å²) >= 11 is 0. The molecule has 5 aromatic rings. The zero-order valence-corrected chi connectivity index (χ0v) is 18.9. The molecule has 0 aliphatic heterocycles. The Kier molecular flexibility index (Phi) is 4.97. The molecule has 8 heteroatoms. The number of hydrogen-bond acceptors (Lipinski definition) is 5. The van der Waals surface area contributed by atoms with Gasteiger partial charge in [-0.05, 0) is 63.1 Å². The molecule has 164 valence electrons. The summed E-state index contributed by atoms with van der Waals surface area (Å²) in [6.45, 7) is 8.00. The number of hydrogen-bond donors (Lipinski definition) is 1. The quantitative estimate of drug-likeness (QED) is 0.447. The number of amides is 1. The highest BCUT2D eigenvalue weighted by Crippen LogP contribution is 2.25. The van der Waals surface area contributed by atoms with E-state index in [0.29, 0.717) is 22.8 Å². The van der Waals surface area contributed by atoms with E-state index in [1.165, 1.54) is 17.5 Å². The van der Waals surface area contributed by atoms with Crippen LogP contribution in [0.4, 0.5) is 5.82 Å². The number of rotatable bonds is 4. The van der Waals surface area contributed by atoms with Crippen molar-refractivity contribution in [2.45, 2.75) is 27.7 Å². The van der Waals surface area contributed by atoms with E-state index in [1.807, 2.05) is 38.1 Å². The fraction of sp³-hybridized carbons (Fsp3) is 0.160. The summed E-state index contributed by atoms with van der Waals surface area (Å²) in [5.74, 6) is 0.853. The van der Waals surface area contributed by atoms with Crippen molar-refractivity contribution >= 4 is 22.8 Å². The first-order valence-electron chi connectivity index (χ1n) is 10.6. The van der Waals surface area contributed by atoms with Crippen molar-refractivity contribution in [3.05, 3.63) is 89.0 Å². The predicted molar refractivity (Wildman–Crippen MR) is 127 cm³/mol. The topological polar surface area (TPSA) is 90.5 Å². The summed E-state index contributed by atoms with van der Waals surface area (Å²) in [5, 5.41) is 12.8. The second-order valence-electron chi connectivity index (χ2n) is 8.16. The number of aromatic nitrogens is 6. The molecule has 0 bridgehead atoms. The van der Waals surface area contributed by atoms with Gasteiger partial charge in [-0.15, -0.1) is 0 Å². The molecule has 0 aliphatic rings. The van der Waals surface area contributed by atoms with Crippen LogP contribution in [0.25, 0.3) is 22.5 Å². The number of aryl methyl sites for hydroxylation is 4. The SMILES string of the molecule is Cc1ccc(C(=O)Nc2cc(C)nn2-c2ncnc3c2cnn3-c2ccc(C)c(C)c2)cc1. The predicted octanol–water partition coefficient (Wildman–Crippen LogP) is 4.49. The number of nitrogens with one attached hydrogen (secondary N) is 1. The lowest BCUT2D eigenvalue weighted by Gasteiger charge is -2.10. The molecule has 8 nitrogen and oxygen atoms in total. The van der Waals surface area contributed by atoms with Crippen molar-refractivity contribution in [2.75, 3.05) is 5.32 Å². The number of carbonyl (C=O) groups excluding carboxylic acids is 1. The minimum Gasteiger partial charge on any atom is -0.306 e. The third kappa shape index (κ3) is 3.76. The van der Waals surface area contributed by atoms with Crippen LogP contribution in [-0.4, -0.2) is 35.4 Å². The van der Waals surface area contributed by atoms with Crippen LogP contribution in [-0.2, 0) is 0 Å². The highest BCUT2D eigenvalue weighted by molar-refractivity contribution is 6.04. The Morgan fingerprint density at radius 2 is 1.67 bits per heavy atom. The monoisotopic (exact) mass is 437 g/mol. The van der Waals surface area contributed by atoms with Gasteiger partial charge in [0.05, 0.1) is 23.0 Å². The van der Waals surface area contributed by atoms with Crippen molar-refractivity contribution in [3.8, 4) is 11.5 Å². The van der Waals surface area contributed by atoms with Crippen LogP contribution in [0.1, 0.15) is 32.7 Å².